The number of anilines is 1. The van der Waals surface area contributed by atoms with E-state index in [0.29, 0.717) is 17.0 Å². The fourth-order valence-electron chi connectivity index (χ4n) is 5.42. The van der Waals surface area contributed by atoms with Gasteiger partial charge in [-0.05, 0) is 30.3 Å². The molecule has 5 atom stereocenters. The Hall–Kier alpha value is -3.39. The molecule has 2 bridgehead atoms. The Bertz CT molecular complexity index is 1110. The van der Waals surface area contributed by atoms with Crippen molar-refractivity contribution in [1.29, 1.82) is 0 Å². The molecule has 1 aromatic carbocycles. The molecule has 2 aromatic rings. The Morgan fingerprint density at radius 2 is 2.03 bits per heavy atom. The predicted molar refractivity (Wildman–Crippen MR) is 102 cm³/mol. The summed E-state index contributed by atoms with van der Waals surface area (Å²) in [6, 6.07) is 10.5. The van der Waals surface area contributed by atoms with Gasteiger partial charge in [0, 0.05) is 0 Å². The van der Waals surface area contributed by atoms with Gasteiger partial charge in [0.25, 0.3) is 5.91 Å². The summed E-state index contributed by atoms with van der Waals surface area (Å²) in [7, 11) is 1.31. The highest BCUT2D eigenvalue weighted by atomic mass is 16.5. The van der Waals surface area contributed by atoms with Gasteiger partial charge in [-0.3, -0.25) is 19.3 Å². The van der Waals surface area contributed by atoms with Crippen molar-refractivity contribution in [2.45, 2.75) is 24.4 Å². The number of rotatable bonds is 3. The van der Waals surface area contributed by atoms with Crippen LogP contribution in [-0.4, -0.2) is 47.7 Å². The second-order valence-electron chi connectivity index (χ2n) is 7.93. The predicted octanol–water partition coefficient (Wildman–Crippen LogP) is 1.72. The molecule has 0 saturated carbocycles. The Kier molecular flexibility index (Phi) is 3.39. The third-order valence-corrected chi connectivity index (χ3v) is 6.57. The number of hydrogen-bond acceptors (Lipinski definition) is 6. The fraction of sp³-hybridized carbons (Fsp3) is 0.318. The van der Waals surface area contributed by atoms with E-state index in [1.807, 2.05) is 6.08 Å². The lowest BCUT2D eigenvalue weighted by atomic mass is 9.76. The van der Waals surface area contributed by atoms with Crippen LogP contribution in [0.15, 0.2) is 59.2 Å². The number of methoxy groups -OCH3 is 1. The highest BCUT2D eigenvalue weighted by Gasteiger charge is 2.74. The van der Waals surface area contributed by atoms with Crippen LogP contribution in [0.25, 0.3) is 0 Å². The fourth-order valence-corrected chi connectivity index (χ4v) is 5.42. The van der Waals surface area contributed by atoms with E-state index in [9.17, 15) is 14.4 Å². The monoisotopic (exact) mass is 406 g/mol. The Morgan fingerprint density at radius 3 is 2.80 bits per heavy atom. The molecule has 0 unspecified atom stereocenters. The van der Waals surface area contributed by atoms with Crippen molar-refractivity contribution >= 4 is 23.5 Å². The molecule has 8 nitrogen and oxygen atoms in total. The first-order valence-corrected chi connectivity index (χ1v) is 9.77. The number of amides is 2. The normalized spacial score (nSPS) is 33.0. The van der Waals surface area contributed by atoms with Crippen molar-refractivity contribution in [1.82, 2.24) is 4.90 Å². The summed E-state index contributed by atoms with van der Waals surface area (Å²) in [5.74, 6) is -1.86. The summed E-state index contributed by atoms with van der Waals surface area (Å²) < 4.78 is 16.7. The average molecular weight is 406 g/mol. The molecule has 1 spiro atoms. The van der Waals surface area contributed by atoms with Crippen LogP contribution in [0.4, 0.5) is 5.69 Å². The molecule has 152 valence electrons. The SMILES string of the molecule is COC(=O)[C@H]1[C@@H]2C=C[C@@]3(O2)[C@H]1C(=O)N1c2ccccc2C(=O)N(Cc2ccco2)[C@@H]13. The Morgan fingerprint density at radius 1 is 1.20 bits per heavy atom. The summed E-state index contributed by atoms with van der Waals surface area (Å²) in [5, 5.41) is 0. The van der Waals surface area contributed by atoms with E-state index in [1.165, 1.54) is 7.11 Å². The van der Waals surface area contributed by atoms with Crippen LogP contribution in [0.3, 0.4) is 0 Å². The average Bonchev–Trinajstić information content (AvgIpc) is 3.53. The van der Waals surface area contributed by atoms with E-state index >= 15 is 0 Å². The van der Waals surface area contributed by atoms with Gasteiger partial charge >= 0.3 is 5.97 Å². The number of nitrogens with zero attached hydrogens (tertiary/aromatic N) is 2. The van der Waals surface area contributed by atoms with Crippen LogP contribution in [0.5, 0.6) is 0 Å². The highest BCUT2D eigenvalue weighted by Crippen LogP contribution is 2.58. The number of hydrogen-bond donors (Lipinski definition) is 0. The maximum absolute atomic E-state index is 13.7. The lowest BCUT2D eigenvalue weighted by Crippen LogP contribution is -2.60. The van der Waals surface area contributed by atoms with Gasteiger partial charge in [-0.1, -0.05) is 18.2 Å². The lowest BCUT2D eigenvalue weighted by molar-refractivity contribution is -0.149. The molecule has 6 rings (SSSR count). The maximum atomic E-state index is 13.7. The lowest BCUT2D eigenvalue weighted by Gasteiger charge is -2.44. The summed E-state index contributed by atoms with van der Waals surface area (Å²) in [4.78, 5) is 42.9. The molecular weight excluding hydrogens is 388 g/mol. The number of esters is 1. The minimum absolute atomic E-state index is 0.174. The van der Waals surface area contributed by atoms with Gasteiger partial charge in [0.15, 0.2) is 0 Å². The number of benzene rings is 1. The summed E-state index contributed by atoms with van der Waals surface area (Å²) in [6.45, 7) is 0.174. The minimum Gasteiger partial charge on any atom is -0.469 e. The zero-order valence-corrected chi connectivity index (χ0v) is 16.1. The topological polar surface area (TPSA) is 89.3 Å². The standard InChI is InChI=1S/C22H18N2O6/c1-28-20(27)16-15-8-9-22(30-15)17(16)19(26)24-14-7-3-2-6-13(14)18(25)23(21(22)24)11-12-5-4-10-29-12/h2-10,15-17,21H,11H2,1H3/t15-,16-,17+,21-,22+/m0/s1. The van der Waals surface area contributed by atoms with Gasteiger partial charge < -0.3 is 18.8 Å². The quantitative estimate of drug-likeness (QED) is 0.570. The van der Waals surface area contributed by atoms with Gasteiger partial charge in [0.1, 0.15) is 23.4 Å². The number of fused-ring (bicyclic) bond motifs is 4. The largest absolute Gasteiger partial charge is 0.469 e. The van der Waals surface area contributed by atoms with E-state index in [4.69, 9.17) is 13.9 Å². The van der Waals surface area contributed by atoms with E-state index in [-0.39, 0.29) is 18.4 Å². The van der Waals surface area contributed by atoms with Crippen molar-refractivity contribution in [3.8, 4) is 0 Å². The van der Waals surface area contributed by atoms with E-state index in [1.54, 1.807) is 58.5 Å². The molecular formula is C22H18N2O6. The number of carbonyl (C=O) groups is 3. The molecule has 4 aliphatic heterocycles. The van der Waals surface area contributed by atoms with Crippen molar-refractivity contribution in [3.05, 3.63) is 66.1 Å². The highest BCUT2D eigenvalue weighted by molar-refractivity contribution is 6.12. The molecule has 2 saturated heterocycles. The molecule has 2 fully saturated rings. The van der Waals surface area contributed by atoms with Crippen LogP contribution < -0.4 is 4.90 Å². The molecule has 2 amide bonds. The van der Waals surface area contributed by atoms with E-state index < -0.39 is 35.7 Å². The van der Waals surface area contributed by atoms with E-state index in [2.05, 4.69) is 0 Å². The molecule has 5 heterocycles. The summed E-state index contributed by atoms with van der Waals surface area (Å²) >= 11 is 0. The third kappa shape index (κ3) is 1.96. The van der Waals surface area contributed by atoms with Crippen molar-refractivity contribution in [3.63, 3.8) is 0 Å². The molecule has 1 aromatic heterocycles. The maximum Gasteiger partial charge on any atom is 0.312 e. The number of para-hydroxylation sites is 1. The van der Waals surface area contributed by atoms with Crippen molar-refractivity contribution < 1.29 is 28.3 Å². The van der Waals surface area contributed by atoms with Crippen LogP contribution in [0.2, 0.25) is 0 Å². The smallest absolute Gasteiger partial charge is 0.312 e. The second-order valence-corrected chi connectivity index (χ2v) is 7.93. The number of furan rings is 1. The zero-order valence-electron chi connectivity index (χ0n) is 16.1. The number of ether oxygens (including phenoxy) is 2. The van der Waals surface area contributed by atoms with Crippen molar-refractivity contribution in [2.75, 3.05) is 12.0 Å². The Labute approximate surface area is 171 Å². The summed E-state index contributed by atoms with van der Waals surface area (Å²) in [5.41, 5.74) is -0.157. The van der Waals surface area contributed by atoms with Crippen LogP contribution in [0, 0.1) is 11.8 Å². The van der Waals surface area contributed by atoms with Gasteiger partial charge in [0.05, 0.1) is 43.2 Å². The first kappa shape index (κ1) is 17.5. The van der Waals surface area contributed by atoms with Crippen LogP contribution in [0.1, 0.15) is 16.1 Å². The molecule has 0 N–H and O–H groups in total. The van der Waals surface area contributed by atoms with Gasteiger partial charge in [-0.25, -0.2) is 0 Å². The minimum atomic E-state index is -1.11. The van der Waals surface area contributed by atoms with Gasteiger partial charge in [-0.2, -0.15) is 0 Å². The molecule has 4 aliphatic rings. The van der Waals surface area contributed by atoms with Gasteiger partial charge in [0.2, 0.25) is 5.91 Å². The Balaban J connectivity index is 1.54. The molecule has 30 heavy (non-hydrogen) atoms. The van der Waals surface area contributed by atoms with Crippen LogP contribution in [-0.2, 0) is 25.6 Å². The molecule has 8 heteroatoms. The van der Waals surface area contributed by atoms with Crippen LogP contribution >= 0.6 is 0 Å². The first-order valence-electron chi connectivity index (χ1n) is 9.77. The zero-order chi connectivity index (χ0) is 20.6. The third-order valence-electron chi connectivity index (χ3n) is 6.57. The van der Waals surface area contributed by atoms with Gasteiger partial charge in [-0.15, -0.1) is 0 Å². The molecule has 0 aliphatic carbocycles. The second kappa shape index (κ2) is 5.82. The first-order chi connectivity index (χ1) is 14.6. The number of carbonyl (C=O) groups excluding carboxylic acids is 3. The molecule has 0 radical (unpaired) electrons. The van der Waals surface area contributed by atoms with E-state index in [0.717, 1.165) is 0 Å². The summed E-state index contributed by atoms with van der Waals surface area (Å²) in [6.07, 6.45) is 3.90. The van der Waals surface area contributed by atoms with Crippen molar-refractivity contribution in [2.24, 2.45) is 11.8 Å².